The van der Waals surface area contributed by atoms with Gasteiger partial charge in [0, 0.05) is 5.56 Å². The first-order valence-corrected chi connectivity index (χ1v) is 8.62. The highest BCUT2D eigenvalue weighted by Gasteiger charge is 2.09. The fourth-order valence-electron chi connectivity index (χ4n) is 2.66. The maximum absolute atomic E-state index is 5.71. The summed E-state index contributed by atoms with van der Waals surface area (Å²) in [6.07, 6.45) is 0.844. The molecule has 0 amide bonds. The van der Waals surface area contributed by atoms with Crippen LogP contribution in [-0.2, 0) is 13.0 Å². The molecule has 0 unspecified atom stereocenters. The molecule has 0 aliphatic heterocycles. The predicted octanol–water partition coefficient (Wildman–Crippen LogP) is 3.09. The molecule has 3 aromatic rings. The van der Waals surface area contributed by atoms with Gasteiger partial charge in [0.05, 0.1) is 27.9 Å². The number of hydrogen-bond acceptors (Lipinski definition) is 7. The van der Waals surface area contributed by atoms with E-state index < -0.39 is 0 Å². The number of nitrogens with one attached hydrogen (secondary N) is 1. The molecule has 0 spiro atoms. The molecular formula is C20H23N3O4. The molecule has 142 valence electrons. The van der Waals surface area contributed by atoms with E-state index in [1.165, 1.54) is 0 Å². The van der Waals surface area contributed by atoms with Crippen molar-refractivity contribution in [3.05, 3.63) is 53.9 Å². The molecule has 0 fully saturated rings. The van der Waals surface area contributed by atoms with E-state index >= 15 is 0 Å². The molecule has 7 nitrogen and oxygen atoms in total. The minimum Gasteiger partial charge on any atom is -0.497 e. The van der Waals surface area contributed by atoms with Crippen LogP contribution < -0.4 is 19.5 Å². The van der Waals surface area contributed by atoms with Crippen molar-refractivity contribution in [2.24, 2.45) is 0 Å². The van der Waals surface area contributed by atoms with E-state index in [2.05, 4.69) is 15.5 Å². The Bertz CT molecular complexity index is 879. The number of rotatable bonds is 9. The number of ether oxygens (including phenoxy) is 3. The first-order chi connectivity index (χ1) is 13.2. The van der Waals surface area contributed by atoms with E-state index in [-0.39, 0.29) is 0 Å². The molecule has 0 saturated heterocycles. The van der Waals surface area contributed by atoms with Crippen LogP contribution in [0, 0.1) is 0 Å². The van der Waals surface area contributed by atoms with Gasteiger partial charge in [-0.05, 0) is 48.9 Å². The Morgan fingerprint density at radius 1 is 0.926 bits per heavy atom. The van der Waals surface area contributed by atoms with E-state index in [4.69, 9.17) is 18.6 Å². The van der Waals surface area contributed by atoms with Crippen molar-refractivity contribution < 1.29 is 18.6 Å². The number of hydrogen-bond donors (Lipinski definition) is 1. The van der Waals surface area contributed by atoms with Crippen LogP contribution in [0.3, 0.4) is 0 Å². The van der Waals surface area contributed by atoms with Gasteiger partial charge in [-0.2, -0.15) is 0 Å². The molecule has 0 saturated carbocycles. The minimum atomic E-state index is 0.477. The van der Waals surface area contributed by atoms with E-state index in [1.807, 2.05) is 42.5 Å². The van der Waals surface area contributed by atoms with Crippen molar-refractivity contribution in [2.45, 2.75) is 13.0 Å². The van der Waals surface area contributed by atoms with Gasteiger partial charge in [-0.3, -0.25) is 0 Å². The smallest absolute Gasteiger partial charge is 0.247 e. The van der Waals surface area contributed by atoms with Gasteiger partial charge in [-0.25, -0.2) is 0 Å². The van der Waals surface area contributed by atoms with Gasteiger partial charge in [0.25, 0.3) is 0 Å². The maximum Gasteiger partial charge on any atom is 0.247 e. The molecule has 1 heterocycles. The zero-order valence-corrected chi connectivity index (χ0v) is 15.7. The van der Waals surface area contributed by atoms with Crippen LogP contribution in [0.1, 0.15) is 11.5 Å². The van der Waals surface area contributed by atoms with Crippen molar-refractivity contribution in [1.82, 2.24) is 15.5 Å². The van der Waals surface area contributed by atoms with Crippen LogP contribution in [0.2, 0.25) is 0 Å². The Hall–Kier alpha value is -3.06. The zero-order valence-electron chi connectivity index (χ0n) is 15.7. The van der Waals surface area contributed by atoms with E-state index in [0.29, 0.717) is 18.3 Å². The molecule has 0 atom stereocenters. The second-order valence-corrected chi connectivity index (χ2v) is 5.85. The molecule has 2 aromatic carbocycles. The summed E-state index contributed by atoms with van der Waals surface area (Å²) in [5.41, 5.74) is 1.99. The van der Waals surface area contributed by atoms with Crippen molar-refractivity contribution in [3.8, 4) is 28.7 Å². The second-order valence-electron chi connectivity index (χ2n) is 5.85. The molecule has 1 N–H and O–H groups in total. The number of methoxy groups -OCH3 is 3. The maximum atomic E-state index is 5.71. The van der Waals surface area contributed by atoms with E-state index in [0.717, 1.165) is 41.3 Å². The Kier molecular flexibility index (Phi) is 6.27. The Balaban J connectivity index is 1.52. The third-order valence-electron chi connectivity index (χ3n) is 4.10. The van der Waals surface area contributed by atoms with Gasteiger partial charge >= 0.3 is 0 Å². The average Bonchev–Trinajstić information content (AvgIpc) is 3.20. The number of aromatic nitrogens is 2. The fraction of sp³-hybridized carbons (Fsp3) is 0.300. The first-order valence-electron chi connectivity index (χ1n) is 8.62. The largest absolute Gasteiger partial charge is 0.497 e. The molecule has 7 heteroatoms. The lowest BCUT2D eigenvalue weighted by Gasteiger charge is -2.09. The van der Waals surface area contributed by atoms with E-state index in [9.17, 15) is 0 Å². The summed E-state index contributed by atoms with van der Waals surface area (Å²) in [4.78, 5) is 0. The fourth-order valence-corrected chi connectivity index (χ4v) is 2.66. The quantitative estimate of drug-likeness (QED) is 0.581. The van der Waals surface area contributed by atoms with Crippen molar-refractivity contribution in [2.75, 3.05) is 27.9 Å². The lowest BCUT2D eigenvalue weighted by Crippen LogP contribution is -2.16. The van der Waals surface area contributed by atoms with Gasteiger partial charge in [0.1, 0.15) is 5.75 Å². The topological polar surface area (TPSA) is 78.6 Å². The van der Waals surface area contributed by atoms with Gasteiger partial charge in [-0.1, -0.05) is 12.1 Å². The van der Waals surface area contributed by atoms with Gasteiger partial charge in [-0.15, -0.1) is 10.2 Å². The Morgan fingerprint density at radius 2 is 1.78 bits per heavy atom. The normalized spacial score (nSPS) is 10.6. The highest BCUT2D eigenvalue weighted by molar-refractivity contribution is 5.55. The van der Waals surface area contributed by atoms with Crippen molar-refractivity contribution in [3.63, 3.8) is 0 Å². The first kappa shape index (κ1) is 18.7. The van der Waals surface area contributed by atoms with E-state index in [1.54, 1.807) is 21.3 Å². The summed E-state index contributed by atoms with van der Waals surface area (Å²) < 4.78 is 21.5. The summed E-state index contributed by atoms with van der Waals surface area (Å²) in [7, 11) is 4.89. The van der Waals surface area contributed by atoms with Crippen molar-refractivity contribution >= 4 is 0 Å². The molecule has 0 aliphatic carbocycles. The van der Waals surface area contributed by atoms with Crippen LogP contribution in [0.15, 0.2) is 46.9 Å². The highest BCUT2D eigenvalue weighted by atomic mass is 16.5. The zero-order chi connectivity index (χ0) is 19.1. The summed E-state index contributed by atoms with van der Waals surface area (Å²) in [5, 5.41) is 11.5. The third kappa shape index (κ3) is 4.77. The highest BCUT2D eigenvalue weighted by Crippen LogP contribution is 2.27. The Labute approximate surface area is 158 Å². The molecule has 0 bridgehead atoms. The lowest BCUT2D eigenvalue weighted by molar-refractivity contribution is 0.354. The van der Waals surface area contributed by atoms with Crippen LogP contribution in [-0.4, -0.2) is 38.1 Å². The van der Waals surface area contributed by atoms with Gasteiger partial charge in [0.15, 0.2) is 11.5 Å². The predicted molar refractivity (Wildman–Crippen MR) is 101 cm³/mol. The lowest BCUT2D eigenvalue weighted by atomic mass is 10.1. The molecule has 1 aromatic heterocycles. The summed E-state index contributed by atoms with van der Waals surface area (Å²) in [6.45, 7) is 1.27. The van der Waals surface area contributed by atoms with Crippen molar-refractivity contribution in [1.29, 1.82) is 0 Å². The summed E-state index contributed by atoms with van der Waals surface area (Å²) in [6, 6.07) is 13.4. The minimum absolute atomic E-state index is 0.477. The number of nitrogens with zero attached hydrogens (tertiary/aromatic N) is 2. The van der Waals surface area contributed by atoms with Gasteiger partial charge < -0.3 is 23.9 Å². The molecule has 0 radical (unpaired) electrons. The number of benzene rings is 2. The molecular weight excluding hydrogens is 346 g/mol. The van der Waals surface area contributed by atoms with Crippen LogP contribution in [0.25, 0.3) is 11.5 Å². The van der Waals surface area contributed by atoms with Crippen LogP contribution >= 0.6 is 0 Å². The van der Waals surface area contributed by atoms with Crippen LogP contribution in [0.5, 0.6) is 17.2 Å². The summed E-state index contributed by atoms with van der Waals surface area (Å²) in [5.74, 6) is 3.23. The molecule has 3 rings (SSSR count). The SMILES string of the molecule is COc1cccc(-c2nnc(CNCCc3ccc(OC)c(OC)c3)o2)c1. The summed E-state index contributed by atoms with van der Waals surface area (Å²) >= 11 is 0. The third-order valence-corrected chi connectivity index (χ3v) is 4.10. The van der Waals surface area contributed by atoms with Crippen LogP contribution in [0.4, 0.5) is 0 Å². The van der Waals surface area contributed by atoms with Gasteiger partial charge in [0.2, 0.25) is 11.8 Å². The average molecular weight is 369 g/mol. The monoisotopic (exact) mass is 369 g/mol. The standard InChI is InChI=1S/C20H23N3O4/c1-24-16-6-4-5-15(12-16)20-23-22-19(27-20)13-21-10-9-14-7-8-17(25-2)18(11-14)26-3/h4-8,11-12,21H,9-10,13H2,1-3H3. The second kappa shape index (κ2) is 9.05. The molecule has 27 heavy (non-hydrogen) atoms. The Morgan fingerprint density at radius 3 is 2.56 bits per heavy atom. The molecule has 0 aliphatic rings.